The first-order valence-electron chi connectivity index (χ1n) is 8.50. The van der Waals surface area contributed by atoms with Crippen molar-refractivity contribution >= 4 is 23.2 Å². The van der Waals surface area contributed by atoms with Gasteiger partial charge in [0.15, 0.2) is 10.8 Å². The maximum absolute atomic E-state index is 12.7. The van der Waals surface area contributed by atoms with Crippen molar-refractivity contribution in [3.8, 4) is 10.8 Å². The fourth-order valence-corrected chi connectivity index (χ4v) is 4.14. The van der Waals surface area contributed by atoms with Crippen molar-refractivity contribution in [3.05, 3.63) is 29.0 Å². The molecule has 0 radical (unpaired) electrons. The molecule has 0 spiro atoms. The number of carbonyl (C=O) groups is 2. The predicted molar refractivity (Wildman–Crippen MR) is 94.4 cm³/mol. The smallest absolute Gasteiger partial charge is 0.310 e. The molecule has 2 atom stereocenters. The van der Waals surface area contributed by atoms with Crippen molar-refractivity contribution in [2.75, 3.05) is 7.11 Å². The summed E-state index contributed by atoms with van der Waals surface area (Å²) in [5.74, 6) is -0.139. The average molecular weight is 362 g/mol. The summed E-state index contributed by atoms with van der Waals surface area (Å²) in [6.07, 6.45) is 6.14. The van der Waals surface area contributed by atoms with Gasteiger partial charge in [-0.05, 0) is 31.9 Å². The van der Waals surface area contributed by atoms with Gasteiger partial charge >= 0.3 is 5.97 Å². The number of methoxy groups -OCH3 is 1. The molecule has 6 nitrogen and oxygen atoms in total. The minimum Gasteiger partial charge on any atom is -0.469 e. The van der Waals surface area contributed by atoms with E-state index in [0.29, 0.717) is 16.5 Å². The molecule has 0 saturated heterocycles. The lowest BCUT2D eigenvalue weighted by Gasteiger charge is -2.23. The van der Waals surface area contributed by atoms with Crippen LogP contribution < -0.4 is 5.32 Å². The number of hydrogen-bond donors (Lipinski definition) is 1. The van der Waals surface area contributed by atoms with Crippen LogP contribution in [0.25, 0.3) is 10.8 Å². The van der Waals surface area contributed by atoms with Gasteiger partial charge in [0.1, 0.15) is 5.69 Å². The third-order valence-electron chi connectivity index (χ3n) is 4.58. The Balaban J connectivity index is 1.77. The summed E-state index contributed by atoms with van der Waals surface area (Å²) < 4.78 is 10.3. The second-order valence-electron chi connectivity index (χ2n) is 6.25. The average Bonchev–Trinajstić information content (AvgIpc) is 3.20. The minimum atomic E-state index is -0.292. The number of aryl methyl sites for hydroxylation is 1. The van der Waals surface area contributed by atoms with Crippen LogP contribution in [0.1, 0.15) is 47.5 Å². The molecule has 1 aliphatic carbocycles. The molecule has 3 rings (SSSR count). The Morgan fingerprint density at radius 1 is 1.32 bits per heavy atom. The van der Waals surface area contributed by atoms with E-state index in [1.54, 1.807) is 12.3 Å². The first-order valence-corrected chi connectivity index (χ1v) is 9.31. The van der Waals surface area contributed by atoms with Crippen LogP contribution in [-0.2, 0) is 9.53 Å². The summed E-state index contributed by atoms with van der Waals surface area (Å²) >= 11 is 1.42. The highest BCUT2D eigenvalue weighted by molar-refractivity contribution is 7.15. The van der Waals surface area contributed by atoms with E-state index in [2.05, 4.69) is 10.3 Å². The van der Waals surface area contributed by atoms with E-state index in [-0.39, 0.29) is 23.8 Å². The molecule has 7 heteroatoms. The number of esters is 1. The van der Waals surface area contributed by atoms with Gasteiger partial charge in [-0.25, -0.2) is 4.98 Å². The number of amides is 1. The molecule has 2 heterocycles. The Hall–Kier alpha value is -2.15. The van der Waals surface area contributed by atoms with Crippen molar-refractivity contribution < 1.29 is 18.7 Å². The number of furan rings is 1. The van der Waals surface area contributed by atoms with Crippen LogP contribution in [0.5, 0.6) is 0 Å². The van der Waals surface area contributed by atoms with Gasteiger partial charge in [-0.2, -0.15) is 0 Å². The molecule has 0 bridgehead atoms. The number of nitrogens with zero attached hydrogens (tertiary/aromatic N) is 1. The predicted octanol–water partition coefficient (Wildman–Crippen LogP) is 3.56. The van der Waals surface area contributed by atoms with Crippen LogP contribution in [0.15, 0.2) is 22.8 Å². The number of rotatable bonds is 4. The molecule has 134 valence electrons. The van der Waals surface area contributed by atoms with Crippen LogP contribution >= 0.6 is 11.3 Å². The Morgan fingerprint density at radius 3 is 2.84 bits per heavy atom. The quantitative estimate of drug-likeness (QED) is 0.664. The fraction of sp³-hybridized carbons (Fsp3) is 0.500. The number of ether oxygens (including phenoxy) is 1. The van der Waals surface area contributed by atoms with E-state index in [9.17, 15) is 9.59 Å². The Labute approximate surface area is 150 Å². The van der Waals surface area contributed by atoms with E-state index >= 15 is 0 Å². The Morgan fingerprint density at radius 2 is 2.12 bits per heavy atom. The Bertz CT molecular complexity index is 738. The maximum atomic E-state index is 12.7. The van der Waals surface area contributed by atoms with Gasteiger partial charge in [-0.1, -0.05) is 19.3 Å². The summed E-state index contributed by atoms with van der Waals surface area (Å²) in [6, 6.07) is 3.40. The monoisotopic (exact) mass is 362 g/mol. The van der Waals surface area contributed by atoms with Crippen molar-refractivity contribution in [1.29, 1.82) is 0 Å². The summed E-state index contributed by atoms with van der Waals surface area (Å²) in [4.78, 5) is 30.1. The van der Waals surface area contributed by atoms with Crippen LogP contribution in [0, 0.1) is 12.8 Å². The molecular weight excluding hydrogens is 340 g/mol. The molecule has 2 unspecified atom stereocenters. The normalized spacial score (nSPS) is 20.7. The zero-order chi connectivity index (χ0) is 17.8. The summed E-state index contributed by atoms with van der Waals surface area (Å²) in [5.41, 5.74) is 0.393. The molecule has 1 N–H and O–H groups in total. The minimum absolute atomic E-state index is 0.212. The molecule has 1 amide bonds. The third-order valence-corrected chi connectivity index (χ3v) is 5.57. The number of nitrogens with one attached hydrogen (secondary N) is 1. The zero-order valence-electron chi connectivity index (χ0n) is 14.4. The van der Waals surface area contributed by atoms with E-state index in [1.807, 2.05) is 13.0 Å². The molecule has 0 aliphatic heterocycles. The highest BCUT2D eigenvalue weighted by Crippen LogP contribution is 2.29. The van der Waals surface area contributed by atoms with Crippen LogP contribution in [0.3, 0.4) is 0 Å². The molecule has 1 saturated carbocycles. The third kappa shape index (κ3) is 3.92. The standard InChI is InChI=1S/C18H22N2O4S/c1-11-15(20-17(25-11)14-9-6-10-24-14)16(21)19-13-8-5-3-4-7-12(13)18(22)23-2/h6,9-10,12-13H,3-5,7-8H2,1-2H3,(H,19,21). The van der Waals surface area contributed by atoms with Crippen molar-refractivity contribution in [2.24, 2.45) is 5.92 Å². The number of hydrogen-bond acceptors (Lipinski definition) is 6. The van der Waals surface area contributed by atoms with Crippen molar-refractivity contribution in [2.45, 2.75) is 45.1 Å². The highest BCUT2D eigenvalue weighted by atomic mass is 32.1. The molecule has 2 aromatic heterocycles. The second-order valence-corrected chi connectivity index (χ2v) is 7.45. The fourth-order valence-electron chi connectivity index (χ4n) is 3.26. The van der Waals surface area contributed by atoms with E-state index in [0.717, 1.165) is 37.0 Å². The molecule has 25 heavy (non-hydrogen) atoms. The highest BCUT2D eigenvalue weighted by Gasteiger charge is 2.32. The largest absolute Gasteiger partial charge is 0.469 e. The topological polar surface area (TPSA) is 81.4 Å². The SMILES string of the molecule is COC(=O)C1CCCCCC1NC(=O)c1nc(-c2ccco2)sc1C. The zero-order valence-corrected chi connectivity index (χ0v) is 15.2. The first-order chi connectivity index (χ1) is 12.1. The van der Waals surface area contributed by atoms with Gasteiger partial charge in [0.25, 0.3) is 5.91 Å². The summed E-state index contributed by atoms with van der Waals surface area (Å²) in [5, 5.41) is 3.69. The van der Waals surface area contributed by atoms with Gasteiger partial charge < -0.3 is 14.5 Å². The first kappa shape index (κ1) is 17.7. The van der Waals surface area contributed by atoms with Crippen LogP contribution in [0.2, 0.25) is 0 Å². The van der Waals surface area contributed by atoms with Gasteiger partial charge in [-0.3, -0.25) is 9.59 Å². The van der Waals surface area contributed by atoms with Gasteiger partial charge in [-0.15, -0.1) is 11.3 Å². The van der Waals surface area contributed by atoms with Gasteiger partial charge in [0.05, 0.1) is 19.3 Å². The van der Waals surface area contributed by atoms with Crippen molar-refractivity contribution in [3.63, 3.8) is 0 Å². The molecule has 0 aromatic carbocycles. The maximum Gasteiger partial charge on any atom is 0.310 e. The Kier molecular flexibility index (Phi) is 5.53. The number of aromatic nitrogens is 1. The summed E-state index contributed by atoms with van der Waals surface area (Å²) in [6.45, 7) is 1.86. The lowest BCUT2D eigenvalue weighted by atomic mass is 9.94. The molecular formula is C18H22N2O4S. The van der Waals surface area contributed by atoms with Crippen LogP contribution in [0.4, 0.5) is 0 Å². The summed E-state index contributed by atoms with van der Waals surface area (Å²) in [7, 11) is 1.40. The van der Waals surface area contributed by atoms with Gasteiger partial charge in [0, 0.05) is 10.9 Å². The molecule has 2 aromatic rings. The van der Waals surface area contributed by atoms with Gasteiger partial charge in [0.2, 0.25) is 0 Å². The molecule has 1 fully saturated rings. The number of thiazole rings is 1. The molecule has 1 aliphatic rings. The van der Waals surface area contributed by atoms with E-state index in [4.69, 9.17) is 9.15 Å². The van der Waals surface area contributed by atoms with E-state index < -0.39 is 0 Å². The lowest BCUT2D eigenvalue weighted by Crippen LogP contribution is -2.43. The van der Waals surface area contributed by atoms with Crippen LogP contribution in [-0.4, -0.2) is 30.0 Å². The van der Waals surface area contributed by atoms with E-state index in [1.165, 1.54) is 18.4 Å². The second kappa shape index (κ2) is 7.82. The lowest BCUT2D eigenvalue weighted by molar-refractivity contribution is -0.146. The number of carbonyl (C=O) groups excluding carboxylic acids is 2. The van der Waals surface area contributed by atoms with Crippen molar-refractivity contribution in [1.82, 2.24) is 10.3 Å².